The van der Waals surface area contributed by atoms with Crippen LogP contribution in [0.4, 0.5) is 0 Å². The average molecular weight is 180 g/mol. The predicted octanol–water partition coefficient (Wildman–Crippen LogP) is 3.77. The summed E-state index contributed by atoms with van der Waals surface area (Å²) in [4.78, 5) is 0. The molecule has 1 atom stereocenters. The molecule has 66 valence electrons. The third kappa shape index (κ3) is 2.28. The van der Waals surface area contributed by atoms with Gasteiger partial charge in [0.1, 0.15) is 0 Å². The van der Waals surface area contributed by atoms with Crippen molar-refractivity contribution in [1.29, 1.82) is 0 Å². The van der Waals surface area contributed by atoms with Crippen molar-refractivity contribution in [2.75, 3.05) is 0 Å². The van der Waals surface area contributed by atoms with Gasteiger partial charge in [-0.25, -0.2) is 0 Å². The van der Waals surface area contributed by atoms with Crippen LogP contribution in [0.15, 0.2) is 24.3 Å². The minimum Gasteiger partial charge on any atom is -0.171 e. The molecule has 1 aromatic carbocycles. The monoisotopic (exact) mass is 180 g/mol. The summed E-state index contributed by atoms with van der Waals surface area (Å²) in [6.07, 6.45) is 2.36. The highest BCUT2D eigenvalue weighted by atomic mass is 32.1. The van der Waals surface area contributed by atoms with Crippen molar-refractivity contribution in [1.82, 2.24) is 0 Å². The smallest absolute Gasteiger partial charge is 0.0269 e. The Hall–Kier alpha value is -0.430. The number of thiol groups is 1. The van der Waals surface area contributed by atoms with E-state index in [0.717, 1.165) is 6.42 Å². The molecule has 0 spiro atoms. The summed E-state index contributed by atoms with van der Waals surface area (Å²) in [6, 6.07) is 8.48. The Morgan fingerprint density at radius 2 is 2.00 bits per heavy atom. The second kappa shape index (κ2) is 4.56. The molecule has 0 radical (unpaired) electrons. The third-order valence-corrected chi connectivity index (χ3v) is 2.65. The van der Waals surface area contributed by atoms with Crippen LogP contribution in [0.25, 0.3) is 0 Å². The molecule has 0 saturated heterocycles. The molecule has 0 aromatic heterocycles. The van der Waals surface area contributed by atoms with E-state index in [4.69, 9.17) is 0 Å². The molecule has 0 bridgehead atoms. The topological polar surface area (TPSA) is 0 Å². The lowest BCUT2D eigenvalue weighted by Gasteiger charge is -2.11. The summed E-state index contributed by atoms with van der Waals surface area (Å²) in [5.74, 6) is 0. The summed E-state index contributed by atoms with van der Waals surface area (Å²) < 4.78 is 0. The molecule has 1 aromatic rings. The Morgan fingerprint density at radius 3 is 2.58 bits per heavy atom. The zero-order chi connectivity index (χ0) is 8.97. The Labute approximate surface area is 80.4 Å². The highest BCUT2D eigenvalue weighted by Gasteiger charge is 2.06. The molecular weight excluding hydrogens is 164 g/mol. The normalized spacial score (nSPS) is 12.9. The fourth-order valence-corrected chi connectivity index (χ4v) is 1.94. The van der Waals surface area contributed by atoms with Crippen molar-refractivity contribution in [3.8, 4) is 0 Å². The fraction of sp³-hybridized carbons (Fsp3) is 0.455. The van der Waals surface area contributed by atoms with Crippen molar-refractivity contribution < 1.29 is 0 Å². The van der Waals surface area contributed by atoms with Crippen LogP contribution in [-0.4, -0.2) is 0 Å². The van der Waals surface area contributed by atoms with Crippen LogP contribution in [0.3, 0.4) is 0 Å². The quantitative estimate of drug-likeness (QED) is 0.673. The molecule has 0 N–H and O–H groups in total. The molecule has 12 heavy (non-hydrogen) atoms. The number of hydrogen-bond donors (Lipinski definition) is 1. The fourth-order valence-electron chi connectivity index (χ4n) is 1.39. The highest BCUT2D eigenvalue weighted by molar-refractivity contribution is 7.80. The average Bonchev–Trinajstić information content (AvgIpc) is 2.05. The minimum absolute atomic E-state index is 0.413. The molecule has 0 nitrogen and oxygen atoms in total. The Bertz CT molecular complexity index is 243. The molecule has 0 heterocycles. The molecule has 1 rings (SSSR count). The number of rotatable bonds is 3. The van der Waals surface area contributed by atoms with Crippen LogP contribution in [0, 0.1) is 6.92 Å². The summed E-state index contributed by atoms with van der Waals surface area (Å²) in [6.45, 7) is 4.34. The Balaban J connectivity index is 2.79. The molecule has 1 heteroatoms. The van der Waals surface area contributed by atoms with Gasteiger partial charge in [0.15, 0.2) is 0 Å². The van der Waals surface area contributed by atoms with E-state index in [0.29, 0.717) is 5.25 Å². The molecule has 0 aliphatic rings. The van der Waals surface area contributed by atoms with Gasteiger partial charge in [-0.05, 0) is 24.5 Å². The first-order valence-corrected chi connectivity index (χ1v) is 5.01. The van der Waals surface area contributed by atoms with Crippen LogP contribution >= 0.6 is 12.6 Å². The maximum atomic E-state index is 4.57. The van der Waals surface area contributed by atoms with Crippen LogP contribution in [0.1, 0.15) is 36.1 Å². The van der Waals surface area contributed by atoms with Crippen LogP contribution in [0.5, 0.6) is 0 Å². The summed E-state index contributed by atoms with van der Waals surface area (Å²) in [5, 5.41) is 0.413. The first kappa shape index (κ1) is 9.66. The highest BCUT2D eigenvalue weighted by Crippen LogP contribution is 2.27. The van der Waals surface area contributed by atoms with Crippen LogP contribution < -0.4 is 0 Å². The molecule has 0 fully saturated rings. The molecule has 0 aliphatic heterocycles. The van der Waals surface area contributed by atoms with Gasteiger partial charge in [-0.3, -0.25) is 0 Å². The molecule has 0 aliphatic carbocycles. The third-order valence-electron chi connectivity index (χ3n) is 2.11. The molecular formula is C11H16S. The number of hydrogen-bond acceptors (Lipinski definition) is 1. The zero-order valence-corrected chi connectivity index (χ0v) is 8.64. The first-order chi connectivity index (χ1) is 5.75. The van der Waals surface area contributed by atoms with Gasteiger partial charge >= 0.3 is 0 Å². The summed E-state index contributed by atoms with van der Waals surface area (Å²) in [5.41, 5.74) is 2.73. The second-order valence-electron chi connectivity index (χ2n) is 3.16. The van der Waals surface area contributed by atoms with E-state index in [2.05, 4.69) is 50.7 Å². The minimum atomic E-state index is 0.413. The van der Waals surface area contributed by atoms with E-state index in [1.54, 1.807) is 0 Å². The van der Waals surface area contributed by atoms with Gasteiger partial charge in [-0.2, -0.15) is 12.6 Å². The zero-order valence-electron chi connectivity index (χ0n) is 7.75. The van der Waals surface area contributed by atoms with E-state index in [-0.39, 0.29) is 0 Å². The van der Waals surface area contributed by atoms with E-state index < -0.39 is 0 Å². The van der Waals surface area contributed by atoms with Crippen molar-refractivity contribution in [3.05, 3.63) is 35.4 Å². The molecule has 0 saturated carbocycles. The maximum absolute atomic E-state index is 4.57. The standard InChI is InChI=1S/C11H16S/c1-3-6-11(12)10-8-5-4-7-9(10)2/h4-5,7-8,11-12H,3,6H2,1-2H3. The van der Waals surface area contributed by atoms with Crippen molar-refractivity contribution in [2.24, 2.45) is 0 Å². The number of aryl methyl sites for hydroxylation is 1. The lowest BCUT2D eigenvalue weighted by molar-refractivity contribution is 0.779. The molecule has 0 amide bonds. The van der Waals surface area contributed by atoms with E-state index in [1.807, 2.05) is 0 Å². The van der Waals surface area contributed by atoms with Gasteiger partial charge in [0.05, 0.1) is 0 Å². The SMILES string of the molecule is CCCC(S)c1ccccc1C. The van der Waals surface area contributed by atoms with Crippen LogP contribution in [0.2, 0.25) is 0 Å². The summed E-state index contributed by atoms with van der Waals surface area (Å²) in [7, 11) is 0. The van der Waals surface area contributed by atoms with Gasteiger partial charge in [0, 0.05) is 5.25 Å². The number of benzene rings is 1. The van der Waals surface area contributed by atoms with Crippen molar-refractivity contribution in [3.63, 3.8) is 0 Å². The second-order valence-corrected chi connectivity index (χ2v) is 3.78. The van der Waals surface area contributed by atoms with E-state index in [1.165, 1.54) is 17.5 Å². The van der Waals surface area contributed by atoms with Crippen LogP contribution in [-0.2, 0) is 0 Å². The van der Waals surface area contributed by atoms with Gasteiger partial charge in [0.2, 0.25) is 0 Å². The van der Waals surface area contributed by atoms with Gasteiger partial charge in [-0.15, -0.1) is 0 Å². The lowest BCUT2D eigenvalue weighted by atomic mass is 10.0. The first-order valence-electron chi connectivity index (χ1n) is 4.49. The largest absolute Gasteiger partial charge is 0.171 e. The lowest BCUT2D eigenvalue weighted by Crippen LogP contribution is -1.92. The van der Waals surface area contributed by atoms with Crippen molar-refractivity contribution in [2.45, 2.75) is 31.9 Å². The Kier molecular flexibility index (Phi) is 3.67. The van der Waals surface area contributed by atoms with Crippen molar-refractivity contribution >= 4 is 12.6 Å². The van der Waals surface area contributed by atoms with Gasteiger partial charge in [0.25, 0.3) is 0 Å². The van der Waals surface area contributed by atoms with E-state index in [9.17, 15) is 0 Å². The van der Waals surface area contributed by atoms with Gasteiger partial charge < -0.3 is 0 Å². The summed E-state index contributed by atoms with van der Waals surface area (Å²) >= 11 is 4.57. The molecule has 1 unspecified atom stereocenters. The maximum Gasteiger partial charge on any atom is 0.0269 e. The Morgan fingerprint density at radius 1 is 1.33 bits per heavy atom. The predicted molar refractivity (Wildman–Crippen MR) is 57.8 cm³/mol. The van der Waals surface area contributed by atoms with E-state index >= 15 is 0 Å². The van der Waals surface area contributed by atoms with Gasteiger partial charge in [-0.1, -0.05) is 37.6 Å².